The number of H-pyrrole nitrogens is 1. The molecule has 0 atom stereocenters. The molecule has 1 aromatic carbocycles. The van der Waals surface area contributed by atoms with Crippen LogP contribution in [0.1, 0.15) is 20.7 Å². The molecular weight excluding hydrogens is 255 g/mol. The molecule has 7 heteroatoms. The highest BCUT2D eigenvalue weighted by molar-refractivity contribution is 6.10. The minimum Gasteiger partial charge on any atom is -0.465 e. The Labute approximate surface area is 107 Å². The second-order valence-corrected chi connectivity index (χ2v) is 3.77. The second-order valence-electron chi connectivity index (χ2n) is 3.77. The highest BCUT2D eigenvalue weighted by atomic mass is 19.1. The van der Waals surface area contributed by atoms with Gasteiger partial charge in [0.05, 0.1) is 19.8 Å². The number of hydrogen-bond donors (Lipinski definition) is 2. The van der Waals surface area contributed by atoms with Gasteiger partial charge in [-0.05, 0) is 12.1 Å². The van der Waals surface area contributed by atoms with Gasteiger partial charge in [0.25, 0.3) is 0 Å². The zero-order chi connectivity index (χ0) is 14.2. The smallest absolute Gasteiger partial charge is 0.342 e. The van der Waals surface area contributed by atoms with E-state index in [1.807, 2.05) is 0 Å². The predicted octanol–water partition coefficient (Wildman–Crippen LogP) is 1.46. The molecule has 0 amide bonds. The number of halogens is 1. The standard InChI is InChI=1S/C12H11FN2O4/c1-18-11(16)5-4-8-6(3-7(5)13)9(10(14)15-8)12(17)19-2/h3-4,15H,14H2,1-2H3. The van der Waals surface area contributed by atoms with Crippen molar-refractivity contribution in [3.8, 4) is 0 Å². The van der Waals surface area contributed by atoms with Crippen LogP contribution in [0, 0.1) is 5.82 Å². The van der Waals surface area contributed by atoms with Crippen molar-refractivity contribution >= 4 is 28.7 Å². The number of nitrogen functional groups attached to an aromatic ring is 1. The van der Waals surface area contributed by atoms with Crippen LogP contribution < -0.4 is 5.73 Å². The zero-order valence-corrected chi connectivity index (χ0v) is 10.2. The number of anilines is 1. The molecule has 2 aromatic rings. The lowest BCUT2D eigenvalue weighted by Crippen LogP contribution is -2.05. The molecule has 0 saturated carbocycles. The molecule has 1 heterocycles. The van der Waals surface area contributed by atoms with Crippen LogP contribution in [0.25, 0.3) is 10.9 Å². The number of nitrogens with two attached hydrogens (primary N) is 1. The molecule has 0 unspecified atom stereocenters. The Hall–Kier alpha value is -2.57. The van der Waals surface area contributed by atoms with E-state index in [9.17, 15) is 14.0 Å². The predicted molar refractivity (Wildman–Crippen MR) is 65.3 cm³/mol. The molecule has 1 aromatic heterocycles. The minimum atomic E-state index is -0.813. The highest BCUT2D eigenvalue weighted by Crippen LogP contribution is 2.27. The average Bonchev–Trinajstić information content (AvgIpc) is 2.71. The quantitative estimate of drug-likeness (QED) is 0.802. The van der Waals surface area contributed by atoms with Gasteiger partial charge in [0.1, 0.15) is 17.2 Å². The van der Waals surface area contributed by atoms with Gasteiger partial charge in [-0.1, -0.05) is 0 Å². The Bertz CT molecular complexity index is 678. The molecule has 2 rings (SSSR count). The van der Waals surface area contributed by atoms with Crippen molar-refractivity contribution in [3.05, 3.63) is 29.1 Å². The van der Waals surface area contributed by atoms with E-state index in [0.29, 0.717) is 5.52 Å². The first-order valence-electron chi connectivity index (χ1n) is 5.27. The van der Waals surface area contributed by atoms with Gasteiger partial charge >= 0.3 is 11.9 Å². The number of methoxy groups -OCH3 is 2. The third-order valence-corrected chi connectivity index (χ3v) is 2.71. The number of esters is 2. The fourth-order valence-corrected chi connectivity index (χ4v) is 1.82. The first-order chi connectivity index (χ1) is 8.99. The van der Waals surface area contributed by atoms with Crippen LogP contribution in [-0.2, 0) is 9.47 Å². The summed E-state index contributed by atoms with van der Waals surface area (Å²) in [6, 6.07) is 2.28. The van der Waals surface area contributed by atoms with Crippen molar-refractivity contribution in [2.24, 2.45) is 0 Å². The summed E-state index contributed by atoms with van der Waals surface area (Å²) in [7, 11) is 2.34. The molecule has 6 nitrogen and oxygen atoms in total. The lowest BCUT2D eigenvalue weighted by atomic mass is 10.1. The van der Waals surface area contributed by atoms with E-state index in [1.165, 1.54) is 13.2 Å². The average molecular weight is 266 g/mol. The zero-order valence-electron chi connectivity index (χ0n) is 10.2. The normalized spacial score (nSPS) is 10.5. The van der Waals surface area contributed by atoms with Crippen molar-refractivity contribution in [1.82, 2.24) is 4.98 Å². The summed E-state index contributed by atoms with van der Waals surface area (Å²) in [5.74, 6) is -2.26. The molecular formula is C12H11FN2O4. The van der Waals surface area contributed by atoms with Crippen molar-refractivity contribution in [3.63, 3.8) is 0 Å². The summed E-state index contributed by atoms with van der Waals surface area (Å²) < 4.78 is 22.8. The lowest BCUT2D eigenvalue weighted by Gasteiger charge is -2.02. The van der Waals surface area contributed by atoms with Gasteiger partial charge in [0.2, 0.25) is 0 Å². The summed E-state index contributed by atoms with van der Waals surface area (Å²) in [4.78, 5) is 25.6. The van der Waals surface area contributed by atoms with Gasteiger partial charge < -0.3 is 20.2 Å². The summed E-state index contributed by atoms with van der Waals surface area (Å²) in [5.41, 5.74) is 5.78. The SMILES string of the molecule is COC(=O)c1cc2[nH]c(N)c(C(=O)OC)c2cc1F. The fourth-order valence-electron chi connectivity index (χ4n) is 1.82. The number of ether oxygens (including phenoxy) is 2. The monoisotopic (exact) mass is 266 g/mol. The van der Waals surface area contributed by atoms with E-state index in [2.05, 4.69) is 14.5 Å². The van der Waals surface area contributed by atoms with Gasteiger partial charge in [-0.25, -0.2) is 14.0 Å². The number of fused-ring (bicyclic) bond motifs is 1. The number of nitrogens with one attached hydrogen (secondary N) is 1. The van der Waals surface area contributed by atoms with Gasteiger partial charge in [-0.3, -0.25) is 0 Å². The molecule has 3 N–H and O–H groups in total. The summed E-state index contributed by atoms with van der Waals surface area (Å²) in [6.45, 7) is 0. The van der Waals surface area contributed by atoms with Crippen molar-refractivity contribution < 1.29 is 23.5 Å². The van der Waals surface area contributed by atoms with Gasteiger partial charge in [0.15, 0.2) is 0 Å². The molecule has 100 valence electrons. The molecule has 0 radical (unpaired) electrons. The summed E-state index contributed by atoms with van der Waals surface area (Å²) >= 11 is 0. The van der Waals surface area contributed by atoms with Crippen LogP contribution in [-0.4, -0.2) is 31.1 Å². The molecule has 0 spiro atoms. The van der Waals surface area contributed by atoms with Crippen molar-refractivity contribution in [2.75, 3.05) is 20.0 Å². The van der Waals surface area contributed by atoms with E-state index in [-0.39, 0.29) is 22.3 Å². The number of aromatic nitrogens is 1. The molecule has 0 aliphatic rings. The van der Waals surface area contributed by atoms with Crippen LogP contribution in [0.3, 0.4) is 0 Å². The van der Waals surface area contributed by atoms with Gasteiger partial charge in [-0.15, -0.1) is 0 Å². The van der Waals surface area contributed by atoms with Crippen LogP contribution in [0.15, 0.2) is 12.1 Å². The minimum absolute atomic E-state index is 0.0350. The van der Waals surface area contributed by atoms with E-state index in [4.69, 9.17) is 5.73 Å². The highest BCUT2D eigenvalue weighted by Gasteiger charge is 2.21. The molecule has 0 aliphatic heterocycles. The van der Waals surface area contributed by atoms with E-state index in [0.717, 1.165) is 13.2 Å². The Morgan fingerprint density at radius 3 is 2.42 bits per heavy atom. The Balaban J connectivity index is 2.71. The Morgan fingerprint density at radius 2 is 1.84 bits per heavy atom. The first kappa shape index (κ1) is 12.9. The summed E-state index contributed by atoms with van der Waals surface area (Å²) in [5, 5.41) is 0.245. The molecule has 0 aliphatic carbocycles. The maximum Gasteiger partial charge on any atom is 0.342 e. The van der Waals surface area contributed by atoms with Crippen LogP contribution >= 0.6 is 0 Å². The molecule has 0 saturated heterocycles. The lowest BCUT2D eigenvalue weighted by molar-refractivity contribution is 0.0591. The number of aromatic amines is 1. The van der Waals surface area contributed by atoms with Crippen molar-refractivity contribution in [1.29, 1.82) is 0 Å². The number of hydrogen-bond acceptors (Lipinski definition) is 5. The van der Waals surface area contributed by atoms with Crippen LogP contribution in [0.4, 0.5) is 10.2 Å². The number of carbonyl (C=O) groups excluding carboxylic acids is 2. The van der Waals surface area contributed by atoms with E-state index < -0.39 is 17.8 Å². The number of benzene rings is 1. The Kier molecular flexibility index (Phi) is 3.12. The number of carbonyl (C=O) groups is 2. The maximum atomic E-state index is 13.8. The van der Waals surface area contributed by atoms with Crippen molar-refractivity contribution in [2.45, 2.75) is 0 Å². The third kappa shape index (κ3) is 1.99. The summed E-state index contributed by atoms with van der Waals surface area (Å²) in [6.07, 6.45) is 0. The Morgan fingerprint density at radius 1 is 1.21 bits per heavy atom. The topological polar surface area (TPSA) is 94.4 Å². The van der Waals surface area contributed by atoms with Crippen LogP contribution in [0.5, 0.6) is 0 Å². The molecule has 19 heavy (non-hydrogen) atoms. The van der Waals surface area contributed by atoms with Gasteiger partial charge in [0, 0.05) is 10.9 Å². The van der Waals surface area contributed by atoms with E-state index >= 15 is 0 Å². The third-order valence-electron chi connectivity index (χ3n) is 2.71. The molecule has 0 bridgehead atoms. The van der Waals surface area contributed by atoms with Crippen LogP contribution in [0.2, 0.25) is 0 Å². The first-order valence-corrected chi connectivity index (χ1v) is 5.27. The van der Waals surface area contributed by atoms with E-state index in [1.54, 1.807) is 0 Å². The van der Waals surface area contributed by atoms with Gasteiger partial charge in [-0.2, -0.15) is 0 Å². The molecule has 0 fully saturated rings. The fraction of sp³-hybridized carbons (Fsp3) is 0.167. The second kappa shape index (κ2) is 4.60. The maximum absolute atomic E-state index is 13.8. The largest absolute Gasteiger partial charge is 0.465 e. The number of rotatable bonds is 2.